The average molecular weight is 369 g/mol. The number of hydrogen-bond donors (Lipinski definition) is 1. The highest BCUT2D eigenvalue weighted by Crippen LogP contribution is 2.27. The molecule has 0 amide bonds. The lowest BCUT2D eigenvalue weighted by Crippen LogP contribution is -2.33. The summed E-state index contributed by atoms with van der Waals surface area (Å²) in [6, 6.07) is 0. The second kappa shape index (κ2) is 14.2. The first-order valence-corrected chi connectivity index (χ1v) is 11.0. The number of cyclic esters (lactones) is 1. The Hall–Kier alpha value is -0.900. The van der Waals surface area contributed by atoms with E-state index in [1.54, 1.807) is 0 Å². The lowest BCUT2D eigenvalue weighted by molar-refractivity contribution is -0.150. The number of ketones is 1. The molecule has 152 valence electrons. The monoisotopic (exact) mass is 368 g/mol. The average Bonchev–Trinajstić information content (AvgIpc) is 2.89. The van der Waals surface area contributed by atoms with E-state index in [2.05, 4.69) is 6.92 Å². The van der Waals surface area contributed by atoms with Crippen molar-refractivity contribution in [3.05, 3.63) is 0 Å². The molecule has 1 heterocycles. The molecule has 0 aromatic rings. The maximum atomic E-state index is 11.4. The van der Waals surface area contributed by atoms with Crippen molar-refractivity contribution >= 4 is 11.8 Å². The van der Waals surface area contributed by atoms with Crippen LogP contribution in [0.25, 0.3) is 0 Å². The first-order valence-electron chi connectivity index (χ1n) is 11.0. The van der Waals surface area contributed by atoms with E-state index < -0.39 is 24.0 Å². The molecule has 0 bridgehead atoms. The van der Waals surface area contributed by atoms with Crippen LogP contribution in [0.15, 0.2) is 0 Å². The maximum absolute atomic E-state index is 11.4. The zero-order valence-corrected chi connectivity index (χ0v) is 17.0. The van der Waals surface area contributed by atoms with Crippen molar-refractivity contribution in [2.24, 2.45) is 5.92 Å². The molecule has 0 saturated carbocycles. The summed E-state index contributed by atoms with van der Waals surface area (Å²) >= 11 is 0. The van der Waals surface area contributed by atoms with Gasteiger partial charge in [0, 0.05) is 0 Å². The van der Waals surface area contributed by atoms with Gasteiger partial charge in [0.1, 0.15) is 6.10 Å². The molecule has 0 spiro atoms. The Kier molecular flexibility index (Phi) is 12.6. The van der Waals surface area contributed by atoms with Crippen molar-refractivity contribution in [2.45, 2.75) is 122 Å². The molecule has 1 N–H and O–H groups in total. The van der Waals surface area contributed by atoms with Gasteiger partial charge in [0.2, 0.25) is 0 Å². The SMILES string of the molecule is CCCCCCCCCCCCCCCC(CC)[C@@H]1OC(=O)C(=O)C1O. The summed E-state index contributed by atoms with van der Waals surface area (Å²) in [5, 5.41) is 9.84. The summed E-state index contributed by atoms with van der Waals surface area (Å²) in [7, 11) is 0. The van der Waals surface area contributed by atoms with Gasteiger partial charge in [-0.15, -0.1) is 0 Å². The van der Waals surface area contributed by atoms with Gasteiger partial charge in [-0.1, -0.05) is 97.3 Å². The van der Waals surface area contributed by atoms with Gasteiger partial charge >= 0.3 is 5.97 Å². The van der Waals surface area contributed by atoms with Crippen LogP contribution in [-0.4, -0.2) is 29.1 Å². The van der Waals surface area contributed by atoms with Gasteiger partial charge in [-0.2, -0.15) is 0 Å². The fraction of sp³-hybridized carbons (Fsp3) is 0.909. The van der Waals surface area contributed by atoms with Gasteiger partial charge in [0.05, 0.1) is 0 Å². The van der Waals surface area contributed by atoms with E-state index in [0.29, 0.717) is 0 Å². The predicted molar refractivity (Wildman–Crippen MR) is 105 cm³/mol. The van der Waals surface area contributed by atoms with Crippen LogP contribution >= 0.6 is 0 Å². The minimum Gasteiger partial charge on any atom is -0.453 e. The first kappa shape index (κ1) is 23.1. The van der Waals surface area contributed by atoms with Crippen LogP contribution in [0.1, 0.15) is 110 Å². The topological polar surface area (TPSA) is 63.6 Å². The Labute approximate surface area is 160 Å². The normalized spacial score (nSPS) is 21.2. The summed E-state index contributed by atoms with van der Waals surface area (Å²) < 4.78 is 5.06. The van der Waals surface area contributed by atoms with Gasteiger partial charge in [-0.05, 0) is 18.8 Å². The number of hydrogen-bond acceptors (Lipinski definition) is 4. The molecule has 0 aromatic carbocycles. The Bertz CT molecular complexity index is 394. The quantitative estimate of drug-likeness (QED) is 0.227. The molecule has 4 nitrogen and oxygen atoms in total. The van der Waals surface area contributed by atoms with Crippen molar-refractivity contribution in [2.75, 3.05) is 0 Å². The van der Waals surface area contributed by atoms with Crippen molar-refractivity contribution < 1.29 is 19.4 Å². The molecule has 0 radical (unpaired) electrons. The predicted octanol–water partition coefficient (Wildman–Crippen LogP) is 5.35. The van der Waals surface area contributed by atoms with Gasteiger partial charge in [0.15, 0.2) is 6.10 Å². The van der Waals surface area contributed by atoms with Crippen molar-refractivity contribution in [3.8, 4) is 0 Å². The van der Waals surface area contributed by atoms with E-state index in [-0.39, 0.29) is 5.92 Å². The van der Waals surface area contributed by atoms with E-state index in [4.69, 9.17) is 4.74 Å². The molecular weight excluding hydrogens is 328 g/mol. The number of unbranched alkanes of at least 4 members (excludes halogenated alkanes) is 12. The van der Waals surface area contributed by atoms with Crippen LogP contribution < -0.4 is 0 Å². The fourth-order valence-electron chi connectivity index (χ4n) is 3.90. The lowest BCUT2D eigenvalue weighted by atomic mass is 9.89. The number of carbonyl (C=O) groups excluding carboxylic acids is 2. The summed E-state index contributed by atoms with van der Waals surface area (Å²) in [4.78, 5) is 22.7. The Morgan fingerprint density at radius 1 is 0.808 bits per heavy atom. The Morgan fingerprint density at radius 3 is 1.65 bits per heavy atom. The fourth-order valence-corrected chi connectivity index (χ4v) is 3.90. The molecule has 1 aliphatic heterocycles. The van der Waals surface area contributed by atoms with Crippen molar-refractivity contribution in [1.82, 2.24) is 0 Å². The van der Waals surface area contributed by atoms with Gasteiger partial charge < -0.3 is 9.84 Å². The molecule has 0 aromatic heterocycles. The molecule has 2 unspecified atom stereocenters. The van der Waals surface area contributed by atoms with Crippen LogP contribution in [0.5, 0.6) is 0 Å². The summed E-state index contributed by atoms with van der Waals surface area (Å²) in [5.41, 5.74) is 0. The second-order valence-electron chi connectivity index (χ2n) is 7.88. The van der Waals surface area contributed by atoms with E-state index in [0.717, 1.165) is 19.3 Å². The Balaban J connectivity index is 1.96. The molecular formula is C22H40O4. The minimum atomic E-state index is -1.26. The van der Waals surface area contributed by atoms with Gasteiger partial charge in [-0.3, -0.25) is 4.79 Å². The third kappa shape index (κ3) is 8.66. The van der Waals surface area contributed by atoms with Crippen LogP contribution in [0.2, 0.25) is 0 Å². The third-order valence-electron chi connectivity index (χ3n) is 5.69. The van der Waals surface area contributed by atoms with Crippen LogP contribution in [0.3, 0.4) is 0 Å². The highest BCUT2D eigenvalue weighted by molar-refractivity contribution is 6.37. The smallest absolute Gasteiger partial charge is 0.377 e. The summed E-state index contributed by atoms with van der Waals surface area (Å²) in [5.74, 6) is -1.56. The maximum Gasteiger partial charge on any atom is 0.377 e. The van der Waals surface area contributed by atoms with Crippen LogP contribution in [-0.2, 0) is 14.3 Å². The lowest BCUT2D eigenvalue weighted by Gasteiger charge is -2.22. The molecule has 26 heavy (non-hydrogen) atoms. The molecule has 1 aliphatic rings. The zero-order valence-electron chi connectivity index (χ0n) is 17.0. The highest BCUT2D eigenvalue weighted by atomic mass is 16.6. The minimum absolute atomic E-state index is 0.0908. The summed E-state index contributed by atoms with van der Waals surface area (Å²) in [6.45, 7) is 4.28. The number of Topliss-reactive ketones (excluding diaryl/α,β-unsaturated/α-hetero) is 1. The number of esters is 1. The zero-order chi connectivity index (χ0) is 19.2. The van der Waals surface area contributed by atoms with Crippen LogP contribution in [0, 0.1) is 5.92 Å². The summed E-state index contributed by atoms with van der Waals surface area (Å²) in [6.07, 6.45) is 17.0. The van der Waals surface area contributed by atoms with E-state index in [9.17, 15) is 14.7 Å². The first-order chi connectivity index (χ1) is 12.6. The molecule has 3 atom stereocenters. The van der Waals surface area contributed by atoms with Crippen molar-refractivity contribution in [3.63, 3.8) is 0 Å². The molecule has 1 rings (SSSR count). The molecule has 1 saturated heterocycles. The van der Waals surface area contributed by atoms with Gasteiger partial charge in [-0.25, -0.2) is 4.79 Å². The number of carbonyl (C=O) groups is 2. The van der Waals surface area contributed by atoms with E-state index >= 15 is 0 Å². The van der Waals surface area contributed by atoms with Gasteiger partial charge in [0.25, 0.3) is 5.78 Å². The Morgan fingerprint density at radius 2 is 1.27 bits per heavy atom. The standard InChI is InChI=1S/C22H40O4/c1-3-5-6-7-8-9-10-11-12-13-14-15-16-17-18(4-2)21-19(23)20(24)22(25)26-21/h18-19,21,23H,3-17H2,1-2H3/t18?,19?,21-/m0/s1. The number of aliphatic hydroxyl groups excluding tert-OH is 1. The number of rotatable bonds is 16. The largest absolute Gasteiger partial charge is 0.453 e. The second-order valence-corrected chi connectivity index (χ2v) is 7.88. The van der Waals surface area contributed by atoms with Crippen molar-refractivity contribution in [1.29, 1.82) is 0 Å². The van der Waals surface area contributed by atoms with E-state index in [1.807, 2.05) is 6.92 Å². The molecule has 4 heteroatoms. The number of aliphatic hydroxyl groups is 1. The van der Waals surface area contributed by atoms with Crippen LogP contribution in [0.4, 0.5) is 0 Å². The van der Waals surface area contributed by atoms with E-state index in [1.165, 1.54) is 77.0 Å². The third-order valence-corrected chi connectivity index (χ3v) is 5.69. The number of ether oxygens (including phenoxy) is 1. The molecule has 0 aliphatic carbocycles. The molecule has 1 fully saturated rings. The highest BCUT2D eigenvalue weighted by Gasteiger charge is 2.45.